The number of esters is 2. The second-order valence-corrected chi connectivity index (χ2v) is 4.21. The Labute approximate surface area is 106 Å². The molecule has 0 saturated heterocycles. The molecule has 0 saturated carbocycles. The zero-order chi connectivity index (χ0) is 12.9. The molecule has 16 heavy (non-hydrogen) atoms. The summed E-state index contributed by atoms with van der Waals surface area (Å²) in [7, 11) is 0. The third-order valence-corrected chi connectivity index (χ3v) is 2.41. The average molecular weight is 262 g/mol. The molecule has 0 aliphatic rings. The Bertz CT molecular complexity index is 308. The lowest BCUT2D eigenvalue weighted by molar-refractivity contribution is -0.186. The maximum Gasteiger partial charge on any atom is 0.337 e. The molecule has 4 nitrogen and oxygen atoms in total. The van der Waals surface area contributed by atoms with Gasteiger partial charge in [0.15, 0.2) is 0 Å². The first-order chi connectivity index (χ1) is 7.22. The molecule has 90 valence electrons. The number of rotatable bonds is 5. The Morgan fingerprint density at radius 3 is 1.62 bits per heavy atom. The molecule has 0 atom stereocenters. The normalized spacial score (nSPS) is 10.5. The first-order valence-electron chi connectivity index (χ1n) is 4.33. The van der Waals surface area contributed by atoms with Gasteiger partial charge in [0.2, 0.25) is 0 Å². The van der Waals surface area contributed by atoms with Crippen LogP contribution in [0.25, 0.3) is 0 Å². The van der Waals surface area contributed by atoms with E-state index in [1.807, 2.05) is 0 Å². The number of thiol groups is 2. The lowest BCUT2D eigenvalue weighted by Crippen LogP contribution is -2.37. The van der Waals surface area contributed by atoms with Crippen LogP contribution in [0.1, 0.15) is 13.8 Å². The Kier molecular flexibility index (Phi) is 5.67. The molecular formula is C10H14O4S2. The zero-order valence-electron chi connectivity index (χ0n) is 9.15. The van der Waals surface area contributed by atoms with Crippen molar-refractivity contribution < 1.29 is 19.1 Å². The number of carbonyl (C=O) groups excluding carboxylic acids is 2. The molecule has 0 aromatic heterocycles. The number of hydrogen-bond acceptors (Lipinski definition) is 6. The molecule has 0 bridgehead atoms. The molecule has 0 aromatic rings. The second kappa shape index (κ2) is 6.00. The van der Waals surface area contributed by atoms with E-state index < -0.39 is 17.1 Å². The second-order valence-electron chi connectivity index (χ2n) is 3.21. The summed E-state index contributed by atoms with van der Waals surface area (Å²) in [6.07, 6.45) is 0. The molecule has 0 spiro atoms. The summed E-state index contributed by atoms with van der Waals surface area (Å²) in [6, 6.07) is 0. The predicted octanol–water partition coefficient (Wildman–Crippen LogP) is 1.74. The molecule has 6 heteroatoms. The van der Waals surface area contributed by atoms with Crippen molar-refractivity contribution in [2.24, 2.45) is 0 Å². The van der Waals surface area contributed by atoms with E-state index in [1.54, 1.807) is 0 Å². The van der Waals surface area contributed by atoms with E-state index in [-0.39, 0.29) is 16.9 Å². The van der Waals surface area contributed by atoms with Crippen LogP contribution < -0.4 is 0 Å². The Balaban J connectivity index is 4.66. The van der Waals surface area contributed by atoms with Gasteiger partial charge in [-0.15, -0.1) is 0 Å². The van der Waals surface area contributed by atoms with Crippen LogP contribution in [0.15, 0.2) is 24.3 Å². The first kappa shape index (κ1) is 15.1. The number of ether oxygens (including phenoxy) is 2. The molecule has 0 aromatic carbocycles. The third-order valence-electron chi connectivity index (χ3n) is 1.40. The molecule has 0 rings (SSSR count). The minimum absolute atomic E-state index is 0.0891. The van der Waals surface area contributed by atoms with E-state index >= 15 is 0 Å². The van der Waals surface area contributed by atoms with Crippen molar-refractivity contribution >= 4 is 37.2 Å². The van der Waals surface area contributed by atoms with Gasteiger partial charge in [-0.1, -0.05) is 25.8 Å². The zero-order valence-corrected chi connectivity index (χ0v) is 10.9. The maximum atomic E-state index is 11.3. The number of hydrogen-bond donors (Lipinski definition) is 2. The summed E-state index contributed by atoms with van der Waals surface area (Å²) in [4.78, 5) is 22.5. The van der Waals surface area contributed by atoms with Crippen LogP contribution in [0.3, 0.4) is 0 Å². The summed E-state index contributed by atoms with van der Waals surface area (Å²) in [6.45, 7) is 9.73. The van der Waals surface area contributed by atoms with Crippen molar-refractivity contribution in [3.8, 4) is 0 Å². The Morgan fingerprint density at radius 2 is 1.44 bits per heavy atom. The van der Waals surface area contributed by atoms with E-state index in [0.29, 0.717) is 0 Å². The summed E-state index contributed by atoms with van der Waals surface area (Å²) in [5.41, 5.74) is 0.346. The highest BCUT2D eigenvalue weighted by Gasteiger charge is 2.33. The Morgan fingerprint density at radius 1 is 1.12 bits per heavy atom. The van der Waals surface area contributed by atoms with Crippen LogP contribution in [0.4, 0.5) is 0 Å². The van der Waals surface area contributed by atoms with Crippen molar-refractivity contribution in [3.63, 3.8) is 0 Å². The molecule has 0 aliphatic heterocycles. The van der Waals surface area contributed by atoms with Gasteiger partial charge in [-0.2, -0.15) is 12.6 Å². The SMILES string of the molecule is C=C(C)C(=O)OC(S)(CS)OC(=O)C(=C)C. The lowest BCUT2D eigenvalue weighted by atomic mass is 10.3. The standard InChI is InChI=1S/C10H14O4S2/c1-6(2)8(11)13-10(16,5-15)14-9(12)7(3)4/h15-16H,1,3,5H2,2,4H3. The Hall–Kier alpha value is -0.880. The van der Waals surface area contributed by atoms with E-state index in [1.165, 1.54) is 13.8 Å². The molecule has 0 radical (unpaired) electrons. The van der Waals surface area contributed by atoms with Crippen LogP contribution >= 0.6 is 25.3 Å². The van der Waals surface area contributed by atoms with Gasteiger partial charge < -0.3 is 9.47 Å². The van der Waals surface area contributed by atoms with Gasteiger partial charge in [-0.3, -0.25) is 0 Å². The van der Waals surface area contributed by atoms with Gasteiger partial charge in [0.1, 0.15) is 0 Å². The monoisotopic (exact) mass is 262 g/mol. The molecule has 0 aliphatic carbocycles. The van der Waals surface area contributed by atoms with Gasteiger partial charge >= 0.3 is 17.1 Å². The summed E-state index contributed by atoms with van der Waals surface area (Å²) in [5.74, 6) is -1.51. The predicted molar refractivity (Wildman–Crippen MR) is 67.4 cm³/mol. The van der Waals surface area contributed by atoms with E-state index in [9.17, 15) is 9.59 Å². The van der Waals surface area contributed by atoms with Crippen LogP contribution in [0.2, 0.25) is 0 Å². The topological polar surface area (TPSA) is 52.6 Å². The maximum absolute atomic E-state index is 11.3. The fourth-order valence-corrected chi connectivity index (χ4v) is 0.844. The minimum Gasteiger partial charge on any atom is -0.409 e. The lowest BCUT2D eigenvalue weighted by Gasteiger charge is -2.26. The van der Waals surface area contributed by atoms with Crippen molar-refractivity contribution in [2.45, 2.75) is 19.0 Å². The van der Waals surface area contributed by atoms with Crippen LogP contribution in [0.5, 0.6) is 0 Å². The van der Waals surface area contributed by atoms with Crippen LogP contribution in [0, 0.1) is 0 Å². The smallest absolute Gasteiger partial charge is 0.337 e. The summed E-state index contributed by atoms with van der Waals surface area (Å²) < 4.78 is 9.67. The fourth-order valence-electron chi connectivity index (χ4n) is 0.549. The van der Waals surface area contributed by atoms with E-state index in [2.05, 4.69) is 38.4 Å². The molecular weight excluding hydrogens is 248 g/mol. The van der Waals surface area contributed by atoms with Crippen LogP contribution in [-0.2, 0) is 19.1 Å². The minimum atomic E-state index is -1.71. The van der Waals surface area contributed by atoms with Gasteiger partial charge in [0.05, 0.1) is 5.75 Å². The highest BCUT2D eigenvalue weighted by atomic mass is 32.1. The summed E-state index contributed by atoms with van der Waals surface area (Å²) in [5, 5.41) is -1.71. The summed E-state index contributed by atoms with van der Waals surface area (Å²) >= 11 is 7.84. The quantitative estimate of drug-likeness (QED) is 0.343. The largest absolute Gasteiger partial charge is 0.409 e. The fraction of sp³-hybridized carbons (Fsp3) is 0.400. The van der Waals surface area contributed by atoms with Crippen LogP contribution in [-0.4, -0.2) is 22.8 Å². The molecule has 0 N–H and O–H groups in total. The van der Waals surface area contributed by atoms with Crippen molar-refractivity contribution in [3.05, 3.63) is 24.3 Å². The van der Waals surface area contributed by atoms with Crippen molar-refractivity contribution in [1.29, 1.82) is 0 Å². The first-order valence-corrected chi connectivity index (χ1v) is 5.40. The van der Waals surface area contributed by atoms with Gasteiger partial charge in [0.25, 0.3) is 0 Å². The molecule has 0 amide bonds. The third kappa shape index (κ3) is 4.76. The average Bonchev–Trinajstić information content (AvgIpc) is 2.17. The molecule has 0 fully saturated rings. The number of carbonyl (C=O) groups is 2. The van der Waals surface area contributed by atoms with Gasteiger partial charge in [-0.25, -0.2) is 9.59 Å². The van der Waals surface area contributed by atoms with Gasteiger partial charge in [-0.05, 0) is 13.8 Å². The van der Waals surface area contributed by atoms with E-state index in [4.69, 9.17) is 9.47 Å². The molecule has 0 unspecified atom stereocenters. The van der Waals surface area contributed by atoms with Crippen molar-refractivity contribution in [2.75, 3.05) is 5.75 Å². The van der Waals surface area contributed by atoms with Crippen molar-refractivity contribution in [1.82, 2.24) is 0 Å². The highest BCUT2D eigenvalue weighted by molar-refractivity contribution is 7.85. The molecule has 0 heterocycles. The van der Waals surface area contributed by atoms with Gasteiger partial charge in [0, 0.05) is 11.1 Å². The highest BCUT2D eigenvalue weighted by Crippen LogP contribution is 2.22. The van der Waals surface area contributed by atoms with E-state index in [0.717, 1.165) is 0 Å².